The molecule has 0 atom stereocenters. The number of hydrogen-bond acceptors (Lipinski definition) is 3. The molecule has 2 aromatic carbocycles. The molecule has 7 rings (SSSR count). The molecule has 0 radical (unpaired) electrons. The van der Waals surface area contributed by atoms with Gasteiger partial charge < -0.3 is 0 Å². The lowest BCUT2D eigenvalue weighted by molar-refractivity contribution is -0.148. The zero-order valence-electron chi connectivity index (χ0n) is 20.0. The summed E-state index contributed by atoms with van der Waals surface area (Å²) in [6.45, 7) is 0. The van der Waals surface area contributed by atoms with Crippen LogP contribution in [0.25, 0.3) is 23.0 Å². The molecular weight excluding hydrogens is 455 g/mol. The van der Waals surface area contributed by atoms with E-state index in [1.807, 2.05) is 36.5 Å². The van der Waals surface area contributed by atoms with Crippen molar-refractivity contribution in [2.24, 2.45) is 23.2 Å². The van der Waals surface area contributed by atoms with E-state index in [2.05, 4.69) is 16.0 Å². The SMILES string of the molecule is O=C(/C=C/c1cn(-c2ccccc2)nc1-c1ccc(F)cc1)NNC(=O)C12CC3CC(CC(C3)C1)C2. The lowest BCUT2D eigenvalue weighted by Gasteiger charge is -2.55. The van der Waals surface area contributed by atoms with E-state index < -0.39 is 5.91 Å². The van der Waals surface area contributed by atoms with Crippen LogP contribution in [0.1, 0.15) is 44.1 Å². The normalized spacial score (nSPS) is 26.3. The number of nitrogens with zero attached hydrogens (tertiary/aromatic N) is 2. The molecule has 0 saturated heterocycles. The Hall–Kier alpha value is -3.74. The van der Waals surface area contributed by atoms with Gasteiger partial charge in [-0.05, 0) is 98.8 Å². The van der Waals surface area contributed by atoms with Gasteiger partial charge in [0.1, 0.15) is 5.82 Å². The van der Waals surface area contributed by atoms with Gasteiger partial charge in [-0.15, -0.1) is 0 Å². The highest BCUT2D eigenvalue weighted by atomic mass is 19.1. The van der Waals surface area contributed by atoms with Crippen LogP contribution < -0.4 is 10.9 Å². The molecule has 4 saturated carbocycles. The maximum atomic E-state index is 13.5. The van der Waals surface area contributed by atoms with Crippen molar-refractivity contribution in [1.29, 1.82) is 0 Å². The van der Waals surface area contributed by atoms with Crippen molar-refractivity contribution in [3.8, 4) is 16.9 Å². The van der Waals surface area contributed by atoms with Gasteiger partial charge in [-0.25, -0.2) is 9.07 Å². The van der Waals surface area contributed by atoms with Gasteiger partial charge in [0.05, 0.1) is 16.8 Å². The number of halogens is 1. The van der Waals surface area contributed by atoms with Crippen molar-refractivity contribution < 1.29 is 14.0 Å². The molecule has 0 aliphatic heterocycles. The summed E-state index contributed by atoms with van der Waals surface area (Å²) in [7, 11) is 0. The Kier molecular flexibility index (Phi) is 5.70. The zero-order chi connectivity index (χ0) is 24.7. The van der Waals surface area contributed by atoms with Crippen molar-refractivity contribution in [1.82, 2.24) is 20.6 Å². The van der Waals surface area contributed by atoms with Crippen LogP contribution in [0.15, 0.2) is 66.9 Å². The summed E-state index contributed by atoms with van der Waals surface area (Å²) in [6, 6.07) is 15.7. The summed E-state index contributed by atoms with van der Waals surface area (Å²) in [6.07, 6.45) is 11.5. The Morgan fingerprint density at radius 2 is 1.56 bits per heavy atom. The number of para-hydroxylation sites is 1. The van der Waals surface area contributed by atoms with E-state index >= 15 is 0 Å². The van der Waals surface area contributed by atoms with Gasteiger partial charge in [0.2, 0.25) is 5.91 Å². The maximum Gasteiger partial charge on any atom is 0.262 e. The molecule has 0 spiro atoms. The van der Waals surface area contributed by atoms with Crippen LogP contribution in [0, 0.1) is 29.0 Å². The van der Waals surface area contributed by atoms with Gasteiger partial charge in [-0.1, -0.05) is 18.2 Å². The van der Waals surface area contributed by atoms with Gasteiger partial charge in [0.15, 0.2) is 0 Å². The van der Waals surface area contributed by atoms with Crippen LogP contribution in [-0.4, -0.2) is 21.6 Å². The van der Waals surface area contributed by atoms with Crippen molar-refractivity contribution in [3.63, 3.8) is 0 Å². The highest BCUT2D eigenvalue weighted by Gasteiger charge is 2.54. The van der Waals surface area contributed by atoms with E-state index in [9.17, 15) is 14.0 Å². The Morgan fingerprint density at radius 1 is 0.917 bits per heavy atom. The predicted molar refractivity (Wildman–Crippen MR) is 135 cm³/mol. The first-order valence-corrected chi connectivity index (χ1v) is 12.7. The molecule has 2 amide bonds. The monoisotopic (exact) mass is 484 g/mol. The van der Waals surface area contributed by atoms with E-state index in [-0.39, 0.29) is 17.1 Å². The van der Waals surface area contributed by atoms with E-state index in [1.165, 1.54) is 37.5 Å². The smallest absolute Gasteiger partial charge is 0.262 e. The largest absolute Gasteiger partial charge is 0.273 e. The first-order valence-electron chi connectivity index (χ1n) is 12.7. The van der Waals surface area contributed by atoms with Crippen LogP contribution in [-0.2, 0) is 9.59 Å². The molecule has 6 nitrogen and oxygen atoms in total. The lowest BCUT2D eigenvalue weighted by Crippen LogP contribution is -2.56. The summed E-state index contributed by atoms with van der Waals surface area (Å²) < 4.78 is 15.2. The topological polar surface area (TPSA) is 76.0 Å². The Labute approximate surface area is 209 Å². The second-order valence-corrected chi connectivity index (χ2v) is 10.7. The summed E-state index contributed by atoms with van der Waals surface area (Å²) >= 11 is 0. The summed E-state index contributed by atoms with van der Waals surface area (Å²) in [4.78, 5) is 25.7. The molecule has 7 heteroatoms. The molecule has 4 bridgehead atoms. The van der Waals surface area contributed by atoms with E-state index in [4.69, 9.17) is 0 Å². The highest BCUT2D eigenvalue weighted by Crippen LogP contribution is 2.60. The maximum absolute atomic E-state index is 13.5. The Morgan fingerprint density at radius 3 is 2.19 bits per heavy atom. The average Bonchev–Trinajstić information content (AvgIpc) is 3.30. The fraction of sp³-hybridized carbons (Fsp3) is 0.345. The quantitative estimate of drug-likeness (QED) is 0.393. The average molecular weight is 485 g/mol. The standard InChI is InChI=1S/C29H29FN4O2/c30-24-9-6-22(7-10-24)27-23(18-34(33-27)25-4-2-1-3-5-25)8-11-26(35)31-32-28(36)29-15-19-12-20(16-29)14-21(13-19)17-29/h1-11,18-21H,12-17H2,(H,31,35)(H,32,36)/b11-8+. The highest BCUT2D eigenvalue weighted by molar-refractivity contribution is 5.94. The van der Waals surface area contributed by atoms with Crippen molar-refractivity contribution in [3.05, 3.63) is 78.3 Å². The zero-order valence-corrected chi connectivity index (χ0v) is 20.0. The fourth-order valence-corrected chi connectivity index (χ4v) is 6.90. The van der Waals surface area contributed by atoms with E-state index in [0.29, 0.717) is 29.0 Å². The van der Waals surface area contributed by atoms with Crippen LogP contribution >= 0.6 is 0 Å². The minimum atomic E-state index is -0.411. The van der Waals surface area contributed by atoms with Gasteiger partial charge >= 0.3 is 0 Å². The molecule has 4 aliphatic rings. The number of nitrogens with one attached hydrogen (secondary N) is 2. The number of benzene rings is 2. The number of hydrogen-bond donors (Lipinski definition) is 2. The van der Waals surface area contributed by atoms with Gasteiger partial charge in [-0.2, -0.15) is 5.10 Å². The third-order valence-corrected chi connectivity index (χ3v) is 8.11. The van der Waals surface area contributed by atoms with Gasteiger partial charge in [-0.3, -0.25) is 20.4 Å². The molecule has 3 aromatic rings. The minimum Gasteiger partial charge on any atom is -0.273 e. The summed E-state index contributed by atoms with van der Waals surface area (Å²) in [5.41, 5.74) is 7.90. The molecule has 4 fully saturated rings. The molecule has 1 aromatic heterocycles. The second kappa shape index (κ2) is 9.04. The third kappa shape index (κ3) is 4.34. The predicted octanol–water partition coefficient (Wildman–Crippen LogP) is 5.06. The van der Waals surface area contributed by atoms with Crippen molar-refractivity contribution >= 4 is 17.9 Å². The number of amides is 2. The van der Waals surface area contributed by atoms with Crippen molar-refractivity contribution in [2.45, 2.75) is 38.5 Å². The molecule has 36 heavy (non-hydrogen) atoms. The molecule has 4 aliphatic carbocycles. The third-order valence-electron chi connectivity index (χ3n) is 8.11. The summed E-state index contributed by atoms with van der Waals surface area (Å²) in [5, 5.41) is 4.68. The number of carbonyl (C=O) groups is 2. The summed E-state index contributed by atoms with van der Waals surface area (Å²) in [5.74, 6) is 1.18. The van der Waals surface area contributed by atoms with Crippen LogP contribution in [0.3, 0.4) is 0 Å². The number of rotatable bonds is 5. The molecular formula is C29H29FN4O2. The number of aromatic nitrogens is 2. The second-order valence-electron chi connectivity index (χ2n) is 10.7. The van der Waals surface area contributed by atoms with Gasteiger partial charge in [0.25, 0.3) is 5.91 Å². The minimum absolute atomic E-state index is 0.0488. The van der Waals surface area contributed by atoms with Crippen LogP contribution in [0.5, 0.6) is 0 Å². The van der Waals surface area contributed by atoms with E-state index in [0.717, 1.165) is 30.5 Å². The van der Waals surface area contributed by atoms with E-state index in [1.54, 1.807) is 22.9 Å². The fourth-order valence-electron chi connectivity index (χ4n) is 6.90. The van der Waals surface area contributed by atoms with Crippen molar-refractivity contribution in [2.75, 3.05) is 0 Å². The molecule has 1 heterocycles. The van der Waals surface area contributed by atoms with Crippen LogP contribution in [0.2, 0.25) is 0 Å². The first kappa shape index (κ1) is 22.7. The Bertz CT molecular complexity index is 1280. The molecule has 2 N–H and O–H groups in total. The molecule has 0 unspecified atom stereocenters. The first-order chi connectivity index (χ1) is 17.5. The lowest BCUT2D eigenvalue weighted by atomic mass is 9.49. The Balaban J connectivity index is 1.17. The number of hydrazine groups is 1. The molecule has 184 valence electrons. The number of carbonyl (C=O) groups excluding carboxylic acids is 2. The van der Waals surface area contributed by atoms with Crippen LogP contribution in [0.4, 0.5) is 4.39 Å². The van der Waals surface area contributed by atoms with Gasteiger partial charge in [0, 0.05) is 23.4 Å².